The van der Waals surface area contributed by atoms with Crippen molar-refractivity contribution in [2.75, 3.05) is 11.6 Å². The fraction of sp³-hybridized carbons (Fsp3) is 0.513. The van der Waals surface area contributed by atoms with Crippen LogP contribution in [-0.2, 0) is 19.1 Å². The number of carbonyl (C=O) groups excluding carboxylic acids is 3. The Balaban J connectivity index is 1.34. The van der Waals surface area contributed by atoms with E-state index >= 15 is 0 Å². The zero-order chi connectivity index (χ0) is 37.0. The summed E-state index contributed by atoms with van der Waals surface area (Å²) < 4.78 is 7.09. The standard InChI is InChI=1S/C39H50Cl3N5O4/c1-5-7-24-51-37(49)29(20-19-27(3)28-16-12-10-13-17-28)18-11-8-9-14-21-39(4,6-2)38(50)44-35-34(46-23-15-22-43-46)36(48)47(45-35)33-31(41)25-30(40)26-32(33)42/h10,12-13,15-17,22-23,25-27,29,34H,5-9,11,14,18-21,24H2,1-4H3,(H,44,45,50). The van der Waals surface area contributed by atoms with Crippen LogP contribution >= 0.6 is 34.8 Å². The molecule has 276 valence electrons. The summed E-state index contributed by atoms with van der Waals surface area (Å²) in [7, 11) is 0. The van der Waals surface area contributed by atoms with E-state index in [4.69, 9.17) is 39.5 Å². The van der Waals surface area contributed by atoms with Gasteiger partial charge in [0.2, 0.25) is 5.91 Å². The van der Waals surface area contributed by atoms with Gasteiger partial charge in [0.05, 0.1) is 22.6 Å². The van der Waals surface area contributed by atoms with E-state index < -0.39 is 17.4 Å². The van der Waals surface area contributed by atoms with Gasteiger partial charge >= 0.3 is 5.97 Å². The molecule has 1 aliphatic heterocycles. The molecular weight excluding hydrogens is 709 g/mol. The fourth-order valence-corrected chi connectivity index (χ4v) is 7.28. The number of anilines is 1. The Hall–Kier alpha value is -3.40. The highest BCUT2D eigenvalue weighted by Crippen LogP contribution is 2.40. The quantitative estimate of drug-likeness (QED) is 0.0968. The van der Waals surface area contributed by atoms with Gasteiger partial charge in [-0.3, -0.25) is 19.1 Å². The van der Waals surface area contributed by atoms with Crippen molar-refractivity contribution in [1.82, 2.24) is 15.1 Å². The van der Waals surface area contributed by atoms with Gasteiger partial charge in [0.25, 0.3) is 5.91 Å². The van der Waals surface area contributed by atoms with Gasteiger partial charge in [-0.25, -0.2) is 0 Å². The highest BCUT2D eigenvalue weighted by atomic mass is 35.5. The maximum atomic E-state index is 13.8. The zero-order valence-corrected chi connectivity index (χ0v) is 32.3. The molecule has 9 nitrogen and oxygen atoms in total. The number of rotatable bonds is 19. The number of ether oxygens (including phenoxy) is 1. The largest absolute Gasteiger partial charge is 0.465 e. The smallest absolute Gasteiger partial charge is 0.308 e. The number of carbonyl (C=O) groups is 3. The topological polar surface area (TPSA) is 106 Å². The lowest BCUT2D eigenvalue weighted by Crippen LogP contribution is -2.45. The summed E-state index contributed by atoms with van der Waals surface area (Å²) in [5.74, 6) is -0.399. The summed E-state index contributed by atoms with van der Waals surface area (Å²) in [4.78, 5) is 40.6. The predicted molar refractivity (Wildman–Crippen MR) is 205 cm³/mol. The second-order valence-corrected chi connectivity index (χ2v) is 14.9. The van der Waals surface area contributed by atoms with Crippen LogP contribution in [0.4, 0.5) is 5.69 Å². The summed E-state index contributed by atoms with van der Waals surface area (Å²) in [5, 5.41) is 13.4. The molecule has 2 heterocycles. The Kier molecular flexibility index (Phi) is 15.4. The van der Waals surface area contributed by atoms with Gasteiger partial charge in [-0.1, -0.05) is 125 Å². The number of hydrazone groups is 1. The van der Waals surface area contributed by atoms with E-state index in [1.807, 2.05) is 19.9 Å². The first-order valence-corrected chi connectivity index (χ1v) is 19.2. The number of unbranched alkanes of at least 4 members (excludes halogenated alkanes) is 4. The first-order chi connectivity index (χ1) is 24.5. The maximum Gasteiger partial charge on any atom is 0.308 e. The molecule has 4 atom stereocenters. The van der Waals surface area contributed by atoms with Crippen LogP contribution in [0.2, 0.25) is 15.1 Å². The van der Waals surface area contributed by atoms with E-state index in [9.17, 15) is 14.4 Å². The van der Waals surface area contributed by atoms with Gasteiger partial charge in [0.15, 0.2) is 11.9 Å². The van der Waals surface area contributed by atoms with Crippen LogP contribution in [0.5, 0.6) is 0 Å². The average Bonchev–Trinajstić information content (AvgIpc) is 3.75. The summed E-state index contributed by atoms with van der Waals surface area (Å²) in [6, 6.07) is 14.1. The van der Waals surface area contributed by atoms with Crippen molar-refractivity contribution in [2.24, 2.45) is 16.4 Å². The summed E-state index contributed by atoms with van der Waals surface area (Å²) in [6.45, 7) is 8.69. The van der Waals surface area contributed by atoms with E-state index in [0.717, 1.165) is 62.8 Å². The van der Waals surface area contributed by atoms with Crippen molar-refractivity contribution in [1.29, 1.82) is 0 Å². The van der Waals surface area contributed by atoms with Crippen LogP contribution in [0.15, 0.2) is 66.0 Å². The van der Waals surface area contributed by atoms with Crippen LogP contribution in [0.1, 0.15) is 116 Å². The van der Waals surface area contributed by atoms with E-state index in [1.54, 1.807) is 18.5 Å². The Labute approximate surface area is 317 Å². The van der Waals surface area contributed by atoms with Crippen molar-refractivity contribution in [3.63, 3.8) is 0 Å². The van der Waals surface area contributed by atoms with Gasteiger partial charge in [0, 0.05) is 22.8 Å². The van der Waals surface area contributed by atoms with Crippen molar-refractivity contribution >= 4 is 64.1 Å². The van der Waals surface area contributed by atoms with E-state index in [-0.39, 0.29) is 39.4 Å². The van der Waals surface area contributed by atoms with Gasteiger partial charge in [-0.2, -0.15) is 10.1 Å². The fourth-order valence-electron chi connectivity index (χ4n) is 6.30. The molecule has 1 aromatic heterocycles. The molecule has 12 heteroatoms. The highest BCUT2D eigenvalue weighted by Gasteiger charge is 2.43. The minimum Gasteiger partial charge on any atom is -0.465 e. The van der Waals surface area contributed by atoms with E-state index in [0.29, 0.717) is 30.4 Å². The highest BCUT2D eigenvalue weighted by molar-refractivity contribution is 6.42. The van der Waals surface area contributed by atoms with Crippen molar-refractivity contribution in [3.05, 3.63) is 81.6 Å². The van der Waals surface area contributed by atoms with Gasteiger partial charge < -0.3 is 10.1 Å². The van der Waals surface area contributed by atoms with Crippen LogP contribution in [0, 0.1) is 11.3 Å². The third-order valence-corrected chi connectivity index (χ3v) is 10.7. The van der Waals surface area contributed by atoms with Gasteiger partial charge in [-0.05, 0) is 68.2 Å². The lowest BCUT2D eigenvalue weighted by molar-refractivity contribution is -0.149. The lowest BCUT2D eigenvalue weighted by Gasteiger charge is -2.27. The summed E-state index contributed by atoms with van der Waals surface area (Å²) in [5.41, 5.74) is 0.756. The van der Waals surface area contributed by atoms with Gasteiger partial charge in [0.1, 0.15) is 5.69 Å². The Morgan fingerprint density at radius 2 is 1.67 bits per heavy atom. The second-order valence-electron chi connectivity index (χ2n) is 13.7. The van der Waals surface area contributed by atoms with E-state index in [2.05, 4.69) is 53.6 Å². The third-order valence-electron chi connectivity index (χ3n) is 9.89. The number of hydrogen-bond donors (Lipinski definition) is 1. The molecule has 0 saturated heterocycles. The first kappa shape index (κ1) is 40.4. The van der Waals surface area contributed by atoms with Crippen LogP contribution in [-0.4, -0.2) is 40.0 Å². The number of amides is 2. The number of nitrogens with zero attached hydrogens (tertiary/aromatic N) is 4. The molecular formula is C39H50Cl3N5O4. The average molecular weight is 759 g/mol. The molecule has 4 unspecified atom stereocenters. The maximum absolute atomic E-state index is 13.8. The molecule has 1 N–H and O–H groups in total. The SMILES string of the molecule is CCCCOC(=O)C(CCCCCCC(C)(CC)C(=O)NC1=NN(c2c(Cl)cc(Cl)cc2Cl)C(=O)C1n1cccn1)CCC(C)c1ccccc1. The molecule has 2 amide bonds. The molecule has 0 radical (unpaired) electrons. The predicted octanol–water partition coefficient (Wildman–Crippen LogP) is 10.2. The molecule has 2 aromatic carbocycles. The Bertz CT molecular complexity index is 1610. The van der Waals surface area contributed by atoms with Gasteiger partial charge in [-0.15, -0.1) is 5.10 Å². The Morgan fingerprint density at radius 1 is 0.961 bits per heavy atom. The van der Waals surface area contributed by atoms with Crippen LogP contribution in [0.25, 0.3) is 0 Å². The first-order valence-electron chi connectivity index (χ1n) is 18.1. The number of aromatic nitrogens is 2. The van der Waals surface area contributed by atoms with Crippen molar-refractivity contribution in [3.8, 4) is 0 Å². The number of benzene rings is 2. The number of amidine groups is 1. The molecule has 0 fully saturated rings. The summed E-state index contributed by atoms with van der Waals surface area (Å²) >= 11 is 19.0. The second kappa shape index (κ2) is 19.4. The number of hydrogen-bond acceptors (Lipinski definition) is 6. The normalized spacial score (nSPS) is 16.8. The molecule has 51 heavy (non-hydrogen) atoms. The number of esters is 1. The van der Waals surface area contributed by atoms with Crippen molar-refractivity contribution < 1.29 is 19.1 Å². The Morgan fingerprint density at radius 3 is 2.31 bits per heavy atom. The van der Waals surface area contributed by atoms with E-state index in [1.165, 1.54) is 22.4 Å². The minimum absolute atomic E-state index is 0.0835. The van der Waals surface area contributed by atoms with Crippen LogP contribution < -0.4 is 10.3 Å². The third kappa shape index (κ3) is 10.8. The molecule has 0 spiro atoms. The molecule has 0 aliphatic carbocycles. The zero-order valence-electron chi connectivity index (χ0n) is 30.0. The monoisotopic (exact) mass is 757 g/mol. The molecule has 0 bridgehead atoms. The minimum atomic E-state index is -1.01. The molecule has 3 aromatic rings. The molecule has 4 rings (SSSR count). The molecule has 0 saturated carbocycles. The van der Waals surface area contributed by atoms with Crippen LogP contribution in [0.3, 0.4) is 0 Å². The number of halogens is 3. The molecule has 1 aliphatic rings. The lowest BCUT2D eigenvalue weighted by atomic mass is 9.81. The van der Waals surface area contributed by atoms with Crippen molar-refractivity contribution in [2.45, 2.75) is 110 Å². The summed E-state index contributed by atoms with van der Waals surface area (Å²) in [6.07, 6.45) is 12.4. The number of nitrogens with one attached hydrogen (secondary N) is 1.